The molecule has 1 N–H and O–H groups in total. The zero-order valence-electron chi connectivity index (χ0n) is 14.8. The maximum atomic E-state index is 12.8. The van der Waals surface area contributed by atoms with Crippen molar-refractivity contribution >= 4 is 46.6 Å². The Bertz CT molecular complexity index is 792. The number of amides is 2. The van der Waals surface area contributed by atoms with Crippen molar-refractivity contribution in [1.82, 2.24) is 10.2 Å². The van der Waals surface area contributed by atoms with Crippen LogP contribution in [0, 0.1) is 0 Å². The van der Waals surface area contributed by atoms with Crippen molar-refractivity contribution in [1.29, 1.82) is 0 Å². The van der Waals surface area contributed by atoms with Crippen LogP contribution in [0.2, 0.25) is 15.1 Å². The Morgan fingerprint density at radius 1 is 1.07 bits per heavy atom. The number of benzene rings is 2. The lowest BCUT2D eigenvalue weighted by atomic mass is 10.1. The van der Waals surface area contributed by atoms with E-state index in [0.29, 0.717) is 26.4 Å². The molecule has 0 bridgehead atoms. The molecule has 0 aromatic heterocycles. The first-order valence-corrected chi connectivity index (χ1v) is 9.29. The van der Waals surface area contributed by atoms with Crippen LogP contribution in [0.1, 0.15) is 12.5 Å². The van der Waals surface area contributed by atoms with E-state index in [4.69, 9.17) is 39.5 Å². The van der Waals surface area contributed by atoms with Crippen LogP contribution >= 0.6 is 34.8 Å². The molecule has 0 saturated carbocycles. The van der Waals surface area contributed by atoms with Gasteiger partial charge in [0.15, 0.2) is 6.61 Å². The number of halogens is 3. The number of nitrogens with zero attached hydrogens (tertiary/aromatic N) is 1. The summed E-state index contributed by atoms with van der Waals surface area (Å²) in [6.45, 7) is 1.46. The maximum absolute atomic E-state index is 12.8. The molecule has 0 heterocycles. The zero-order chi connectivity index (χ0) is 20.0. The van der Waals surface area contributed by atoms with Crippen molar-refractivity contribution in [3.63, 3.8) is 0 Å². The van der Waals surface area contributed by atoms with Gasteiger partial charge in [-0.05, 0) is 43.3 Å². The fraction of sp³-hybridized carbons (Fsp3) is 0.263. The highest BCUT2D eigenvalue weighted by atomic mass is 35.5. The predicted molar refractivity (Wildman–Crippen MR) is 107 cm³/mol. The minimum Gasteiger partial charge on any atom is -0.484 e. The summed E-state index contributed by atoms with van der Waals surface area (Å²) in [5.74, 6) is -0.189. The summed E-state index contributed by atoms with van der Waals surface area (Å²) in [5.41, 5.74) is 0.566. The lowest BCUT2D eigenvalue weighted by Crippen LogP contribution is -2.48. The number of carbonyl (C=O) groups is 2. The normalized spacial score (nSPS) is 11.6. The number of likely N-dealkylation sites (N-methyl/N-ethyl adjacent to an activating group) is 1. The number of nitrogens with one attached hydrogen (secondary N) is 1. The number of hydrogen-bond donors (Lipinski definition) is 1. The van der Waals surface area contributed by atoms with Gasteiger partial charge in [0.05, 0.1) is 0 Å². The molecule has 0 radical (unpaired) electrons. The number of ether oxygens (including phenoxy) is 1. The molecule has 2 amide bonds. The van der Waals surface area contributed by atoms with Crippen LogP contribution in [-0.2, 0) is 16.1 Å². The third kappa shape index (κ3) is 5.76. The molecule has 0 aliphatic rings. The van der Waals surface area contributed by atoms with Crippen molar-refractivity contribution < 1.29 is 14.3 Å². The van der Waals surface area contributed by atoms with Gasteiger partial charge in [-0.15, -0.1) is 0 Å². The highest BCUT2D eigenvalue weighted by Crippen LogP contribution is 2.26. The molecule has 27 heavy (non-hydrogen) atoms. The highest BCUT2D eigenvalue weighted by Gasteiger charge is 2.27. The summed E-state index contributed by atoms with van der Waals surface area (Å²) in [5, 5.41) is 3.95. The third-order valence-electron chi connectivity index (χ3n) is 3.98. The summed E-state index contributed by atoms with van der Waals surface area (Å²) in [6, 6.07) is 11.0. The lowest BCUT2D eigenvalue weighted by molar-refractivity contribution is -0.142. The van der Waals surface area contributed by atoms with E-state index in [1.54, 1.807) is 49.4 Å². The standard InChI is InChI=1S/C19H19Cl3N2O3/c1-12(19(26)23-2)24(10-15-16(21)4-3-5-17(15)22)18(25)11-27-14-8-6-13(20)7-9-14/h3-9,12H,10-11H2,1-2H3,(H,23,26)/t12-/m1/s1. The molecule has 0 aliphatic carbocycles. The fourth-order valence-corrected chi connectivity index (χ4v) is 3.05. The van der Waals surface area contributed by atoms with Gasteiger partial charge >= 0.3 is 0 Å². The second-order valence-corrected chi connectivity index (χ2v) is 7.01. The van der Waals surface area contributed by atoms with Crippen LogP contribution < -0.4 is 10.1 Å². The quantitative estimate of drug-likeness (QED) is 0.718. The molecule has 1 atom stereocenters. The Morgan fingerprint density at radius 3 is 2.22 bits per heavy atom. The number of rotatable bonds is 7. The van der Waals surface area contributed by atoms with Gasteiger partial charge in [-0.3, -0.25) is 9.59 Å². The Hall–Kier alpha value is -1.95. The van der Waals surface area contributed by atoms with Crippen molar-refractivity contribution in [3.8, 4) is 5.75 Å². The van der Waals surface area contributed by atoms with Gasteiger partial charge in [0, 0.05) is 34.2 Å². The molecule has 144 valence electrons. The van der Waals surface area contributed by atoms with Crippen LogP contribution in [0.15, 0.2) is 42.5 Å². The Morgan fingerprint density at radius 2 is 1.67 bits per heavy atom. The largest absolute Gasteiger partial charge is 0.484 e. The number of carbonyl (C=O) groups excluding carboxylic acids is 2. The monoisotopic (exact) mass is 428 g/mol. The molecular weight excluding hydrogens is 411 g/mol. The lowest BCUT2D eigenvalue weighted by Gasteiger charge is -2.29. The Balaban J connectivity index is 2.19. The van der Waals surface area contributed by atoms with Crippen molar-refractivity contribution in [2.75, 3.05) is 13.7 Å². The van der Waals surface area contributed by atoms with Gasteiger partial charge in [0.2, 0.25) is 5.91 Å². The van der Waals surface area contributed by atoms with Crippen LogP contribution in [0.4, 0.5) is 0 Å². The molecule has 0 unspecified atom stereocenters. The molecule has 5 nitrogen and oxygen atoms in total. The minimum absolute atomic E-state index is 0.0793. The third-order valence-corrected chi connectivity index (χ3v) is 4.94. The summed E-state index contributed by atoms with van der Waals surface area (Å²) in [7, 11) is 1.51. The van der Waals surface area contributed by atoms with Crippen molar-refractivity contribution in [3.05, 3.63) is 63.1 Å². The smallest absolute Gasteiger partial charge is 0.261 e. The van der Waals surface area contributed by atoms with Crippen LogP contribution in [0.3, 0.4) is 0 Å². The summed E-state index contributed by atoms with van der Waals surface area (Å²) in [6.07, 6.45) is 0. The van der Waals surface area contributed by atoms with Crippen LogP contribution in [0.25, 0.3) is 0 Å². The first-order chi connectivity index (χ1) is 12.8. The molecular formula is C19H19Cl3N2O3. The van der Waals surface area contributed by atoms with E-state index in [-0.39, 0.29) is 25.0 Å². The topological polar surface area (TPSA) is 58.6 Å². The van der Waals surface area contributed by atoms with E-state index in [1.807, 2.05) is 0 Å². The Labute approximate surface area is 173 Å². The SMILES string of the molecule is CNC(=O)[C@@H](C)N(Cc1c(Cl)cccc1Cl)C(=O)COc1ccc(Cl)cc1. The van der Waals surface area contributed by atoms with Crippen LogP contribution in [0.5, 0.6) is 5.75 Å². The molecule has 0 aliphatic heterocycles. The summed E-state index contributed by atoms with van der Waals surface area (Å²) in [4.78, 5) is 26.3. The Kier molecular flexibility index (Phi) is 7.78. The molecule has 2 aromatic rings. The molecule has 0 spiro atoms. The molecule has 8 heteroatoms. The second-order valence-electron chi connectivity index (χ2n) is 5.75. The van der Waals surface area contributed by atoms with Gasteiger partial charge in [0.25, 0.3) is 5.91 Å². The first-order valence-electron chi connectivity index (χ1n) is 8.15. The second kappa shape index (κ2) is 9.83. The van der Waals surface area contributed by atoms with Crippen molar-refractivity contribution in [2.45, 2.75) is 19.5 Å². The van der Waals surface area contributed by atoms with Gasteiger partial charge in [-0.1, -0.05) is 40.9 Å². The highest BCUT2D eigenvalue weighted by molar-refractivity contribution is 6.36. The maximum Gasteiger partial charge on any atom is 0.261 e. The van der Waals surface area contributed by atoms with Gasteiger partial charge in [-0.2, -0.15) is 0 Å². The minimum atomic E-state index is -0.733. The summed E-state index contributed by atoms with van der Waals surface area (Å²) < 4.78 is 5.52. The number of hydrogen-bond acceptors (Lipinski definition) is 3. The van der Waals surface area contributed by atoms with E-state index in [0.717, 1.165) is 0 Å². The van der Waals surface area contributed by atoms with Crippen LogP contribution in [-0.4, -0.2) is 36.4 Å². The van der Waals surface area contributed by atoms with Gasteiger partial charge in [-0.25, -0.2) is 0 Å². The average Bonchev–Trinajstić information content (AvgIpc) is 2.66. The van der Waals surface area contributed by atoms with Gasteiger partial charge < -0.3 is 15.0 Å². The van der Waals surface area contributed by atoms with E-state index in [9.17, 15) is 9.59 Å². The molecule has 0 fully saturated rings. The van der Waals surface area contributed by atoms with Gasteiger partial charge in [0.1, 0.15) is 11.8 Å². The van der Waals surface area contributed by atoms with E-state index in [1.165, 1.54) is 11.9 Å². The molecule has 2 aromatic carbocycles. The zero-order valence-corrected chi connectivity index (χ0v) is 17.1. The summed E-state index contributed by atoms with van der Waals surface area (Å²) >= 11 is 18.3. The van der Waals surface area contributed by atoms with E-state index in [2.05, 4.69) is 5.32 Å². The first kappa shape index (κ1) is 21.4. The van der Waals surface area contributed by atoms with Crippen molar-refractivity contribution in [2.24, 2.45) is 0 Å². The molecule has 0 saturated heterocycles. The predicted octanol–water partition coefficient (Wildman–Crippen LogP) is 4.19. The van der Waals surface area contributed by atoms with E-state index >= 15 is 0 Å². The molecule has 2 rings (SSSR count). The van der Waals surface area contributed by atoms with E-state index < -0.39 is 6.04 Å². The average molecular weight is 430 g/mol. The fourth-order valence-electron chi connectivity index (χ4n) is 2.40.